The Morgan fingerprint density at radius 1 is 1.15 bits per heavy atom. The lowest BCUT2D eigenvalue weighted by atomic mass is 10.1. The summed E-state index contributed by atoms with van der Waals surface area (Å²) < 4.78 is 45.9. The predicted octanol–water partition coefficient (Wildman–Crippen LogP) is 5.88. The summed E-state index contributed by atoms with van der Waals surface area (Å²) in [5, 5.41) is 5.94. The summed E-state index contributed by atoms with van der Waals surface area (Å²) in [5.74, 6) is 0.530. The third-order valence-corrected chi connectivity index (χ3v) is 5.61. The van der Waals surface area contributed by atoms with Crippen LogP contribution in [0.15, 0.2) is 42.5 Å². The molecule has 1 aromatic heterocycles. The van der Waals surface area contributed by atoms with Gasteiger partial charge in [0, 0.05) is 18.7 Å². The minimum atomic E-state index is -4.60. The standard InChI is InChI=1S/C24H25ClF3N3O2/c1-15-8-9-16(2)20(12-15)33-14-18-6-4-7-19(13-18)23(32)29-10-5-11-31-17(3)21(25)22(30-31)24(26,27)28/h4,6-9,12-13H,5,10-11,14H2,1-3H3,(H,29,32). The Bertz CT molecular complexity index is 1140. The fourth-order valence-electron chi connectivity index (χ4n) is 3.28. The third-order valence-electron chi connectivity index (χ3n) is 5.16. The lowest BCUT2D eigenvalue weighted by Crippen LogP contribution is -2.25. The van der Waals surface area contributed by atoms with Gasteiger partial charge >= 0.3 is 6.18 Å². The summed E-state index contributed by atoms with van der Waals surface area (Å²) in [6, 6.07) is 13.1. The van der Waals surface area contributed by atoms with Crippen LogP contribution >= 0.6 is 11.6 Å². The molecule has 0 fully saturated rings. The average Bonchev–Trinajstić information content (AvgIpc) is 3.06. The van der Waals surface area contributed by atoms with Crippen LogP contribution in [-0.2, 0) is 19.3 Å². The summed E-state index contributed by atoms with van der Waals surface area (Å²) in [6.45, 7) is 6.25. The fourth-order valence-corrected chi connectivity index (χ4v) is 3.52. The van der Waals surface area contributed by atoms with E-state index in [4.69, 9.17) is 16.3 Å². The zero-order valence-corrected chi connectivity index (χ0v) is 19.3. The van der Waals surface area contributed by atoms with Crippen molar-refractivity contribution < 1.29 is 22.7 Å². The first-order valence-electron chi connectivity index (χ1n) is 10.4. The monoisotopic (exact) mass is 479 g/mol. The molecule has 0 atom stereocenters. The zero-order chi connectivity index (χ0) is 24.2. The van der Waals surface area contributed by atoms with Crippen molar-refractivity contribution in [3.8, 4) is 5.75 Å². The van der Waals surface area contributed by atoms with Gasteiger partial charge in [-0.15, -0.1) is 0 Å². The molecule has 0 saturated heterocycles. The van der Waals surface area contributed by atoms with Gasteiger partial charge in [0.15, 0.2) is 5.69 Å². The van der Waals surface area contributed by atoms with Gasteiger partial charge in [-0.1, -0.05) is 35.9 Å². The second kappa shape index (κ2) is 10.3. The molecule has 176 valence electrons. The Labute approximate surface area is 195 Å². The first-order valence-corrected chi connectivity index (χ1v) is 10.8. The van der Waals surface area contributed by atoms with Crippen LogP contribution in [0.4, 0.5) is 13.2 Å². The smallest absolute Gasteiger partial charge is 0.436 e. The van der Waals surface area contributed by atoms with Gasteiger partial charge in [0.1, 0.15) is 12.4 Å². The molecule has 1 heterocycles. The van der Waals surface area contributed by atoms with E-state index < -0.39 is 16.9 Å². The number of benzene rings is 2. The van der Waals surface area contributed by atoms with Crippen molar-refractivity contribution in [2.45, 2.75) is 46.5 Å². The highest BCUT2D eigenvalue weighted by molar-refractivity contribution is 6.31. The van der Waals surface area contributed by atoms with Gasteiger partial charge in [0.2, 0.25) is 0 Å². The van der Waals surface area contributed by atoms with Gasteiger partial charge in [0.05, 0.1) is 10.7 Å². The number of aromatic nitrogens is 2. The van der Waals surface area contributed by atoms with E-state index in [0.29, 0.717) is 18.6 Å². The summed E-state index contributed by atoms with van der Waals surface area (Å²) in [7, 11) is 0. The van der Waals surface area contributed by atoms with Crippen molar-refractivity contribution in [1.82, 2.24) is 15.1 Å². The number of rotatable bonds is 8. The van der Waals surface area contributed by atoms with Gasteiger partial charge in [-0.3, -0.25) is 9.48 Å². The molecule has 9 heteroatoms. The molecule has 33 heavy (non-hydrogen) atoms. The zero-order valence-electron chi connectivity index (χ0n) is 18.6. The molecule has 0 spiro atoms. The first kappa shape index (κ1) is 24.6. The van der Waals surface area contributed by atoms with Gasteiger partial charge < -0.3 is 10.1 Å². The molecule has 0 saturated carbocycles. The second-order valence-electron chi connectivity index (χ2n) is 7.84. The summed E-state index contributed by atoms with van der Waals surface area (Å²) in [5.41, 5.74) is 2.62. The number of nitrogens with one attached hydrogen (secondary N) is 1. The van der Waals surface area contributed by atoms with Crippen LogP contribution < -0.4 is 10.1 Å². The number of hydrogen-bond donors (Lipinski definition) is 1. The Balaban J connectivity index is 1.53. The van der Waals surface area contributed by atoms with Crippen LogP contribution in [0.5, 0.6) is 5.75 Å². The Kier molecular flexibility index (Phi) is 7.68. The molecule has 0 aliphatic carbocycles. The van der Waals surface area contributed by atoms with E-state index >= 15 is 0 Å². The normalized spacial score (nSPS) is 11.5. The second-order valence-corrected chi connectivity index (χ2v) is 8.21. The van der Waals surface area contributed by atoms with Crippen molar-refractivity contribution in [3.63, 3.8) is 0 Å². The third kappa shape index (κ3) is 6.28. The summed E-state index contributed by atoms with van der Waals surface area (Å²) in [4.78, 5) is 12.5. The maximum absolute atomic E-state index is 12.9. The van der Waals surface area contributed by atoms with Gasteiger partial charge in [-0.2, -0.15) is 18.3 Å². The molecule has 1 amide bonds. The quantitative estimate of drug-likeness (QED) is 0.410. The van der Waals surface area contributed by atoms with Crippen molar-refractivity contribution in [2.24, 2.45) is 0 Å². The highest BCUT2D eigenvalue weighted by atomic mass is 35.5. The number of amides is 1. The topological polar surface area (TPSA) is 56.1 Å². The molecule has 3 aromatic rings. The van der Waals surface area contributed by atoms with Gasteiger partial charge in [0.25, 0.3) is 5.91 Å². The molecule has 3 rings (SSSR count). The van der Waals surface area contributed by atoms with E-state index in [-0.39, 0.29) is 24.7 Å². The number of nitrogens with zero attached hydrogens (tertiary/aromatic N) is 2. The van der Waals surface area contributed by atoms with Crippen molar-refractivity contribution in [1.29, 1.82) is 0 Å². The maximum atomic E-state index is 12.9. The summed E-state index contributed by atoms with van der Waals surface area (Å²) >= 11 is 5.75. The Hall–Kier alpha value is -3.00. The lowest BCUT2D eigenvalue weighted by Gasteiger charge is -2.11. The van der Waals surface area contributed by atoms with E-state index in [2.05, 4.69) is 10.4 Å². The van der Waals surface area contributed by atoms with Crippen LogP contribution in [-0.4, -0.2) is 22.2 Å². The molecule has 0 bridgehead atoms. The molecule has 1 N–H and O–H groups in total. The van der Waals surface area contributed by atoms with Crippen molar-refractivity contribution in [3.05, 3.63) is 81.1 Å². The van der Waals surface area contributed by atoms with Crippen molar-refractivity contribution >= 4 is 17.5 Å². The molecule has 0 unspecified atom stereocenters. The molecule has 0 aliphatic rings. The number of aryl methyl sites for hydroxylation is 3. The first-order chi connectivity index (χ1) is 15.6. The lowest BCUT2D eigenvalue weighted by molar-refractivity contribution is -0.141. The van der Waals surface area contributed by atoms with Crippen LogP contribution in [0.25, 0.3) is 0 Å². The van der Waals surface area contributed by atoms with E-state index in [1.54, 1.807) is 18.2 Å². The van der Waals surface area contributed by atoms with E-state index in [1.807, 2.05) is 38.1 Å². The number of carbonyl (C=O) groups excluding carboxylic acids is 1. The predicted molar refractivity (Wildman–Crippen MR) is 121 cm³/mol. The minimum Gasteiger partial charge on any atom is -0.489 e. The molecular formula is C24H25ClF3N3O2. The number of hydrogen-bond acceptors (Lipinski definition) is 3. The number of carbonyl (C=O) groups is 1. The van der Waals surface area contributed by atoms with E-state index in [9.17, 15) is 18.0 Å². The average molecular weight is 480 g/mol. The van der Waals surface area contributed by atoms with Crippen molar-refractivity contribution in [2.75, 3.05) is 6.54 Å². The van der Waals surface area contributed by atoms with Crippen LogP contribution in [0.2, 0.25) is 5.02 Å². The Morgan fingerprint density at radius 3 is 2.61 bits per heavy atom. The number of ether oxygens (including phenoxy) is 1. The molecular weight excluding hydrogens is 455 g/mol. The largest absolute Gasteiger partial charge is 0.489 e. The van der Waals surface area contributed by atoms with E-state index in [0.717, 1.165) is 22.4 Å². The summed E-state index contributed by atoms with van der Waals surface area (Å²) in [6.07, 6.45) is -4.20. The number of halogens is 4. The van der Waals surface area contributed by atoms with E-state index in [1.165, 1.54) is 11.6 Å². The fraction of sp³-hybridized carbons (Fsp3) is 0.333. The van der Waals surface area contributed by atoms with Crippen LogP contribution in [0, 0.1) is 20.8 Å². The molecule has 5 nitrogen and oxygen atoms in total. The molecule has 0 radical (unpaired) electrons. The SMILES string of the molecule is Cc1ccc(C)c(OCc2cccc(C(=O)NCCCn3nc(C(F)(F)F)c(Cl)c3C)c2)c1. The maximum Gasteiger partial charge on any atom is 0.436 e. The van der Waals surface area contributed by atoms with Crippen LogP contribution in [0.1, 0.15) is 44.9 Å². The van der Waals surface area contributed by atoms with Gasteiger partial charge in [-0.05, 0) is 62.1 Å². The highest BCUT2D eigenvalue weighted by Gasteiger charge is 2.38. The minimum absolute atomic E-state index is 0.200. The van der Waals surface area contributed by atoms with Crippen LogP contribution in [0.3, 0.4) is 0 Å². The van der Waals surface area contributed by atoms with Gasteiger partial charge in [-0.25, -0.2) is 0 Å². The molecule has 0 aliphatic heterocycles. The highest BCUT2D eigenvalue weighted by Crippen LogP contribution is 2.35. The Morgan fingerprint density at radius 2 is 1.91 bits per heavy atom. The number of alkyl halides is 3. The molecule has 2 aromatic carbocycles.